The van der Waals surface area contributed by atoms with Crippen molar-refractivity contribution in [2.75, 3.05) is 0 Å². The summed E-state index contributed by atoms with van der Waals surface area (Å²) >= 11 is 5.12. The van der Waals surface area contributed by atoms with E-state index in [1.807, 2.05) is 0 Å². The van der Waals surface area contributed by atoms with Gasteiger partial charge in [0.1, 0.15) is 5.56 Å². The monoisotopic (exact) mass is 144 g/mol. The van der Waals surface area contributed by atoms with Gasteiger partial charge in [-0.25, -0.2) is 0 Å². The van der Waals surface area contributed by atoms with Crippen LogP contribution in [0.5, 0.6) is 0 Å². The zero-order valence-electron chi connectivity index (χ0n) is 3.72. The van der Waals surface area contributed by atoms with E-state index in [-0.39, 0.29) is 0 Å². The topological polar surface area (TPSA) is 46.5 Å². The second kappa shape index (κ2) is 3.44. The Morgan fingerprint density at radius 3 is 2.43 bits per heavy atom. The Balaban J connectivity index is 3.13. The highest BCUT2D eigenvalue weighted by atomic mass is 35.5. The highest BCUT2D eigenvalue weighted by molar-refractivity contribution is 7.32. The smallest absolute Gasteiger partial charge is 0.318 e. The number of halogens is 1. The molecule has 0 amide bonds. The van der Waals surface area contributed by atoms with Crippen LogP contribution in [-0.2, 0) is 9.09 Å². The highest BCUT2D eigenvalue weighted by Crippen LogP contribution is 2.18. The largest absolute Gasteiger partial charge is 0.326 e. The van der Waals surface area contributed by atoms with E-state index >= 15 is 0 Å². The summed E-state index contributed by atoms with van der Waals surface area (Å²) in [5.74, 6) is 0. The molecular weight excluding hydrogens is 138 g/mol. The van der Waals surface area contributed by atoms with E-state index in [0.717, 1.165) is 0 Å². The molecule has 0 rings (SSSR count). The Morgan fingerprint density at radius 2 is 2.43 bits per heavy atom. The van der Waals surface area contributed by atoms with Crippen molar-refractivity contribution in [3.05, 3.63) is 0 Å². The first-order valence-corrected chi connectivity index (χ1v) is 3.36. The SMILES string of the molecule is CC(Cl)O[PH](=O)O. The predicted octanol–water partition coefficient (Wildman–Crippen LogP) is 0.970. The Labute approximate surface area is 47.2 Å². The van der Waals surface area contributed by atoms with Gasteiger partial charge < -0.3 is 4.89 Å². The van der Waals surface area contributed by atoms with Gasteiger partial charge in [-0.15, -0.1) is 0 Å². The molecule has 0 aromatic heterocycles. The van der Waals surface area contributed by atoms with Crippen molar-refractivity contribution in [1.29, 1.82) is 0 Å². The number of hydrogen-bond acceptors (Lipinski definition) is 2. The van der Waals surface area contributed by atoms with E-state index in [4.69, 9.17) is 16.5 Å². The van der Waals surface area contributed by atoms with Gasteiger partial charge >= 0.3 is 8.25 Å². The Morgan fingerprint density at radius 1 is 2.00 bits per heavy atom. The van der Waals surface area contributed by atoms with Gasteiger partial charge in [-0.3, -0.25) is 9.09 Å². The minimum absolute atomic E-state index is 0.670. The lowest BCUT2D eigenvalue weighted by Crippen LogP contribution is -1.88. The molecule has 0 aliphatic rings. The van der Waals surface area contributed by atoms with Crippen molar-refractivity contribution in [3.63, 3.8) is 0 Å². The fourth-order valence-electron chi connectivity index (χ4n) is 0.139. The van der Waals surface area contributed by atoms with Crippen molar-refractivity contribution in [2.24, 2.45) is 0 Å². The van der Waals surface area contributed by atoms with E-state index in [1.54, 1.807) is 0 Å². The van der Waals surface area contributed by atoms with Gasteiger partial charge in [-0.05, 0) is 6.92 Å². The summed E-state index contributed by atoms with van der Waals surface area (Å²) in [7, 11) is -2.82. The minimum Gasteiger partial charge on any atom is -0.326 e. The van der Waals surface area contributed by atoms with Gasteiger partial charge in [0.15, 0.2) is 0 Å². The second-order valence-corrected chi connectivity index (χ2v) is 2.31. The van der Waals surface area contributed by atoms with Crippen LogP contribution in [-0.4, -0.2) is 10.5 Å². The summed E-state index contributed by atoms with van der Waals surface area (Å²) in [4.78, 5) is 7.96. The minimum atomic E-state index is -2.82. The third kappa shape index (κ3) is 6.44. The van der Waals surface area contributed by atoms with Crippen LogP contribution in [0.25, 0.3) is 0 Å². The maximum absolute atomic E-state index is 9.69. The highest BCUT2D eigenvalue weighted by Gasteiger charge is 1.96. The molecule has 0 aromatic carbocycles. The van der Waals surface area contributed by atoms with Crippen LogP contribution in [0.4, 0.5) is 0 Å². The molecule has 3 nitrogen and oxygen atoms in total. The second-order valence-electron chi connectivity index (χ2n) is 0.927. The first-order valence-electron chi connectivity index (χ1n) is 1.66. The van der Waals surface area contributed by atoms with Crippen LogP contribution < -0.4 is 0 Å². The standard InChI is InChI=1S/C2H6ClO3P/c1-2(3)6-7(4)5/h2,7H,1H3,(H,4,5). The summed E-state index contributed by atoms with van der Waals surface area (Å²) in [6.07, 6.45) is 0. The zero-order valence-corrected chi connectivity index (χ0v) is 5.47. The average Bonchev–Trinajstić information content (AvgIpc) is 1.27. The van der Waals surface area contributed by atoms with E-state index < -0.39 is 13.8 Å². The molecule has 7 heavy (non-hydrogen) atoms. The lowest BCUT2D eigenvalue weighted by atomic mass is 10.9. The molecule has 0 aliphatic carbocycles. The molecule has 0 aromatic rings. The number of rotatable bonds is 2. The molecule has 2 atom stereocenters. The molecule has 0 bridgehead atoms. The molecule has 5 heteroatoms. The van der Waals surface area contributed by atoms with Crippen LogP contribution in [0, 0.1) is 0 Å². The van der Waals surface area contributed by atoms with Crippen LogP contribution in [0.15, 0.2) is 0 Å². The molecule has 0 aliphatic heterocycles. The number of alkyl halides is 1. The summed E-state index contributed by atoms with van der Waals surface area (Å²) in [5, 5.41) is 0. The van der Waals surface area contributed by atoms with E-state index in [0.29, 0.717) is 0 Å². The maximum atomic E-state index is 9.69. The number of hydrogen-bond donors (Lipinski definition) is 1. The van der Waals surface area contributed by atoms with Crippen LogP contribution in [0.1, 0.15) is 6.92 Å². The van der Waals surface area contributed by atoms with Crippen LogP contribution in [0.3, 0.4) is 0 Å². The lowest BCUT2D eigenvalue weighted by Gasteiger charge is -1.96. The summed E-state index contributed by atoms with van der Waals surface area (Å²) in [6, 6.07) is 0. The van der Waals surface area contributed by atoms with Gasteiger partial charge in [-0.2, -0.15) is 0 Å². The first-order chi connectivity index (χ1) is 3.13. The average molecular weight is 144 g/mol. The third-order valence-corrected chi connectivity index (χ3v) is 1.06. The summed E-state index contributed by atoms with van der Waals surface area (Å²) < 4.78 is 13.8. The Bertz CT molecular complexity index is 73.3. The normalized spacial score (nSPS) is 18.7. The van der Waals surface area contributed by atoms with E-state index in [2.05, 4.69) is 4.52 Å². The molecular formula is C2H6ClO3P. The van der Waals surface area contributed by atoms with Gasteiger partial charge in [0.25, 0.3) is 0 Å². The van der Waals surface area contributed by atoms with Gasteiger partial charge in [0, 0.05) is 0 Å². The molecule has 0 spiro atoms. The van der Waals surface area contributed by atoms with E-state index in [9.17, 15) is 4.57 Å². The molecule has 44 valence electrons. The molecule has 1 N–H and O–H groups in total. The lowest BCUT2D eigenvalue weighted by molar-refractivity contribution is 0.269. The van der Waals surface area contributed by atoms with Gasteiger partial charge in [0.2, 0.25) is 0 Å². The van der Waals surface area contributed by atoms with Crippen molar-refractivity contribution >= 4 is 19.9 Å². The molecule has 0 radical (unpaired) electrons. The summed E-state index contributed by atoms with van der Waals surface area (Å²) in [6.45, 7) is 1.47. The van der Waals surface area contributed by atoms with Crippen molar-refractivity contribution in [3.8, 4) is 0 Å². The van der Waals surface area contributed by atoms with Gasteiger partial charge in [-0.1, -0.05) is 11.6 Å². The first kappa shape index (κ1) is 7.44. The summed E-state index contributed by atoms with van der Waals surface area (Å²) in [5.41, 5.74) is -0.670. The third-order valence-electron chi connectivity index (χ3n) is 0.263. The molecule has 0 fully saturated rings. The van der Waals surface area contributed by atoms with Gasteiger partial charge in [0.05, 0.1) is 0 Å². The molecule has 2 unspecified atom stereocenters. The molecule has 0 heterocycles. The zero-order chi connectivity index (χ0) is 5.86. The van der Waals surface area contributed by atoms with Crippen LogP contribution >= 0.6 is 19.9 Å². The Kier molecular flexibility index (Phi) is 3.66. The molecule has 0 saturated heterocycles. The molecule has 0 saturated carbocycles. The maximum Gasteiger partial charge on any atom is 0.318 e. The van der Waals surface area contributed by atoms with E-state index in [1.165, 1.54) is 6.92 Å². The fraction of sp³-hybridized carbons (Fsp3) is 1.00. The van der Waals surface area contributed by atoms with Crippen molar-refractivity contribution in [1.82, 2.24) is 0 Å². The van der Waals surface area contributed by atoms with Crippen LogP contribution in [0.2, 0.25) is 0 Å². The quantitative estimate of drug-likeness (QED) is 0.464. The van der Waals surface area contributed by atoms with Crippen molar-refractivity contribution in [2.45, 2.75) is 12.5 Å². The predicted molar refractivity (Wildman–Crippen MR) is 27.6 cm³/mol. The fourth-order valence-corrected chi connectivity index (χ4v) is 0.645. The Hall–Kier alpha value is 0.440. The van der Waals surface area contributed by atoms with Crippen molar-refractivity contribution < 1.29 is 14.0 Å².